The predicted molar refractivity (Wildman–Crippen MR) is 396 cm³/mol. The van der Waals surface area contributed by atoms with Gasteiger partial charge in [-0.15, -0.1) is 0 Å². The average Bonchev–Trinajstić information content (AvgIpc) is 1.52. The zero-order valence-corrected chi connectivity index (χ0v) is 56.5. The van der Waals surface area contributed by atoms with Crippen LogP contribution in [0.15, 0.2) is 273 Å². The predicted octanol–water partition coefficient (Wildman–Crippen LogP) is 25.2. The Labute approximate surface area is 545 Å². The summed E-state index contributed by atoms with van der Waals surface area (Å²) in [6.07, 6.45) is 0. The Morgan fingerprint density at radius 1 is 0.198 bits per heavy atom. The Kier molecular flexibility index (Phi) is 19.8. The smallest absolute Gasteiger partial charge is 0.0683 e. The number of fused-ring (bicyclic) bond motifs is 15. The van der Waals surface area contributed by atoms with Gasteiger partial charge in [-0.3, -0.25) is 0 Å². The van der Waals surface area contributed by atoms with Crippen molar-refractivity contribution >= 4 is 21.5 Å². The average molecular weight is 1180 g/mol. The zero-order chi connectivity index (χ0) is 64.6. The molecule has 0 saturated heterocycles. The van der Waals surface area contributed by atoms with E-state index in [4.69, 9.17) is 0 Å². The van der Waals surface area contributed by atoms with E-state index in [1.807, 2.05) is 32.0 Å². The number of rotatable bonds is 1. The summed E-state index contributed by atoms with van der Waals surface area (Å²) in [6.45, 7) is 32.3. The first-order chi connectivity index (χ1) is 43.9. The molecule has 1 spiro atoms. The molecule has 0 unspecified atom stereocenters. The van der Waals surface area contributed by atoms with Gasteiger partial charge in [0.25, 0.3) is 0 Å². The first kappa shape index (κ1) is 64.4. The van der Waals surface area contributed by atoms with Gasteiger partial charge in [-0.05, 0) is 198 Å². The fourth-order valence-corrected chi connectivity index (χ4v) is 13.6. The summed E-state index contributed by atoms with van der Waals surface area (Å²) in [5.74, 6) is 0. The van der Waals surface area contributed by atoms with E-state index in [9.17, 15) is 0 Å². The molecule has 0 radical (unpaired) electrons. The van der Waals surface area contributed by atoms with E-state index in [-0.39, 0.29) is 10.8 Å². The highest BCUT2D eigenvalue weighted by Gasteiger charge is 2.51. The molecule has 454 valence electrons. The van der Waals surface area contributed by atoms with Crippen LogP contribution in [-0.2, 0) is 10.8 Å². The van der Waals surface area contributed by atoms with Crippen LogP contribution in [0.1, 0.15) is 122 Å². The van der Waals surface area contributed by atoms with E-state index in [1.165, 1.54) is 161 Å². The van der Waals surface area contributed by atoms with Crippen LogP contribution in [0.25, 0.3) is 66.1 Å². The highest BCUT2D eigenvalue weighted by molar-refractivity contribution is 5.95. The van der Waals surface area contributed by atoms with Crippen molar-refractivity contribution in [3.05, 3.63) is 368 Å². The summed E-state index contributed by atoms with van der Waals surface area (Å²) >= 11 is 0. The molecule has 0 heterocycles. The van der Waals surface area contributed by atoms with Gasteiger partial charge >= 0.3 is 0 Å². The molecular formula is C91H90. The van der Waals surface area contributed by atoms with Crippen LogP contribution in [0.4, 0.5) is 0 Å². The van der Waals surface area contributed by atoms with Crippen molar-refractivity contribution in [3.8, 4) is 44.5 Å². The van der Waals surface area contributed by atoms with Crippen molar-refractivity contribution in [2.24, 2.45) is 0 Å². The van der Waals surface area contributed by atoms with Crippen molar-refractivity contribution in [3.63, 3.8) is 0 Å². The van der Waals surface area contributed by atoms with Gasteiger partial charge in [-0.1, -0.05) is 340 Å². The lowest BCUT2D eigenvalue weighted by Gasteiger charge is -2.30. The summed E-state index contributed by atoms with van der Waals surface area (Å²) in [4.78, 5) is 0. The monoisotopic (exact) mass is 1180 g/mol. The zero-order valence-electron chi connectivity index (χ0n) is 56.5. The molecule has 0 saturated carbocycles. The Morgan fingerprint density at radius 2 is 0.462 bits per heavy atom. The fourth-order valence-electron chi connectivity index (χ4n) is 13.6. The second-order valence-electron chi connectivity index (χ2n) is 25.5. The van der Waals surface area contributed by atoms with Crippen LogP contribution in [0.5, 0.6) is 0 Å². The van der Waals surface area contributed by atoms with Crippen molar-refractivity contribution < 1.29 is 0 Å². The van der Waals surface area contributed by atoms with Gasteiger partial charge in [0.2, 0.25) is 0 Å². The lowest BCUT2D eigenvalue weighted by molar-refractivity contribution is 0.659. The molecule has 3 aliphatic rings. The molecule has 13 aromatic carbocycles. The maximum atomic E-state index is 2.41. The fraction of sp³-hybridized carbons (Fsp3) is 0.187. The summed E-state index contributed by atoms with van der Waals surface area (Å²) in [5, 5.41) is 5.49. The minimum absolute atomic E-state index is 0.142. The lowest BCUT2D eigenvalue weighted by atomic mass is 9.70. The molecule has 0 N–H and O–H groups in total. The SMILES string of the molecule is CC.Cc1ccc(-c2ccc(C)cc2)cc1.Cc1ccc(C)c2ccccc12.Cc1ccc2c(c1)C(C)(C)c1cc(C)ccc1-2.Cc1ccc2c(c1)C1(c3ccccc3-c3ccccc31)c1cc(C)ccc1-2.Cc1cccc2c(C)cccc12.Cc1ccccc1. The van der Waals surface area contributed by atoms with Crippen molar-refractivity contribution in [1.82, 2.24) is 0 Å². The maximum absolute atomic E-state index is 2.41. The molecule has 16 rings (SSSR count). The molecule has 0 amide bonds. The molecule has 3 aliphatic carbocycles. The molecule has 13 aromatic rings. The van der Waals surface area contributed by atoms with E-state index < -0.39 is 0 Å². The normalized spacial score (nSPS) is 12.3. The van der Waals surface area contributed by atoms with Crippen LogP contribution in [0.3, 0.4) is 0 Å². The molecule has 0 atom stereocenters. The lowest BCUT2D eigenvalue weighted by Crippen LogP contribution is -2.26. The molecule has 0 heteroatoms. The van der Waals surface area contributed by atoms with E-state index in [2.05, 4.69) is 345 Å². The van der Waals surface area contributed by atoms with E-state index in [0.29, 0.717) is 0 Å². The van der Waals surface area contributed by atoms with E-state index in [0.717, 1.165) is 0 Å². The van der Waals surface area contributed by atoms with Gasteiger partial charge in [0.05, 0.1) is 5.41 Å². The molecule has 0 aromatic heterocycles. The Balaban J connectivity index is 0.000000125. The number of benzene rings is 13. The van der Waals surface area contributed by atoms with Crippen molar-refractivity contribution in [2.45, 2.75) is 115 Å². The third kappa shape index (κ3) is 13.3. The third-order valence-corrected chi connectivity index (χ3v) is 18.5. The van der Waals surface area contributed by atoms with Gasteiger partial charge in [-0.25, -0.2) is 0 Å². The molecule has 0 bridgehead atoms. The summed E-state index contributed by atoms with van der Waals surface area (Å²) in [7, 11) is 0. The topological polar surface area (TPSA) is 0 Å². The van der Waals surface area contributed by atoms with Crippen LogP contribution >= 0.6 is 0 Å². The number of hydrogen-bond acceptors (Lipinski definition) is 0. The van der Waals surface area contributed by atoms with Gasteiger partial charge < -0.3 is 0 Å². The third-order valence-electron chi connectivity index (χ3n) is 18.5. The second-order valence-corrected chi connectivity index (χ2v) is 25.5. The summed E-state index contributed by atoms with van der Waals surface area (Å²) in [6, 6.07) is 98.8. The van der Waals surface area contributed by atoms with Crippen molar-refractivity contribution in [1.29, 1.82) is 0 Å². The van der Waals surface area contributed by atoms with E-state index >= 15 is 0 Å². The van der Waals surface area contributed by atoms with Gasteiger partial charge in [0.1, 0.15) is 0 Å². The molecule has 0 nitrogen and oxygen atoms in total. The van der Waals surface area contributed by atoms with E-state index in [1.54, 1.807) is 0 Å². The standard InChI is InChI=1S/C27H20.C17H18.C14H14.2C12H12.C7H8.C2H6/c1-17-11-13-21-22-14-12-18(2)16-26(22)27(25(21)15-17)23-9-5-3-7-19(23)20-8-4-6-10-24(20)27;1-11-5-7-13-14-8-6-12(2)10-16(14)17(3,4)15(13)9-11;1-11-3-7-13(8-4-11)14-9-5-12(2)6-10-14;1-9-5-3-8-12-10(2)6-4-7-11(9)12;1-9-7-8-10(2)12-6-4-3-5-11(9)12;1-7-5-3-2-4-6-7;1-2/h3-16H,1-2H3;5-10H,1-4H3;3-10H,1-2H3;2*3-8H,1-2H3;2-6H,1H3;1-2H3. The Hall–Kier alpha value is -9.62. The van der Waals surface area contributed by atoms with Crippen LogP contribution < -0.4 is 0 Å². The summed E-state index contributed by atoms with van der Waals surface area (Å²) in [5.41, 5.74) is 34.2. The highest BCUT2D eigenvalue weighted by Crippen LogP contribution is 2.63. The molecule has 0 aliphatic heterocycles. The van der Waals surface area contributed by atoms with Gasteiger partial charge in [-0.2, -0.15) is 0 Å². The second kappa shape index (κ2) is 28.0. The van der Waals surface area contributed by atoms with Gasteiger partial charge in [0, 0.05) is 5.41 Å². The molecule has 91 heavy (non-hydrogen) atoms. The number of aryl methyl sites for hydroxylation is 11. The highest BCUT2D eigenvalue weighted by atomic mass is 14.5. The van der Waals surface area contributed by atoms with Crippen LogP contribution in [-0.4, -0.2) is 0 Å². The van der Waals surface area contributed by atoms with Gasteiger partial charge in [0.15, 0.2) is 0 Å². The molecular weight excluding hydrogens is 1090 g/mol. The first-order valence-corrected chi connectivity index (χ1v) is 32.6. The minimum Gasteiger partial charge on any atom is -0.0683 e. The van der Waals surface area contributed by atoms with Crippen LogP contribution in [0, 0.1) is 76.2 Å². The quantitative estimate of drug-likeness (QED) is 0.154. The minimum atomic E-state index is -0.199. The largest absolute Gasteiger partial charge is 0.0725 e. The first-order valence-electron chi connectivity index (χ1n) is 32.6. The number of hydrogen-bond donors (Lipinski definition) is 0. The molecule has 0 fully saturated rings. The van der Waals surface area contributed by atoms with Crippen molar-refractivity contribution in [2.75, 3.05) is 0 Å². The summed E-state index contributed by atoms with van der Waals surface area (Å²) < 4.78 is 0. The van der Waals surface area contributed by atoms with Crippen LogP contribution in [0.2, 0.25) is 0 Å². The Morgan fingerprint density at radius 3 is 0.813 bits per heavy atom. The Bertz CT molecular complexity index is 4350. The maximum Gasteiger partial charge on any atom is 0.0725 e.